The van der Waals surface area contributed by atoms with Crippen molar-refractivity contribution in [1.29, 1.82) is 0 Å². The van der Waals surface area contributed by atoms with Crippen molar-refractivity contribution in [2.24, 2.45) is 0 Å². The lowest BCUT2D eigenvalue weighted by Crippen LogP contribution is -2.25. The molecule has 2 aromatic heterocycles. The van der Waals surface area contributed by atoms with E-state index in [-0.39, 0.29) is 17.7 Å². The van der Waals surface area contributed by atoms with Crippen LogP contribution in [0.1, 0.15) is 25.7 Å². The molecular formula is C21H23FN8O. The molecule has 1 amide bonds. The number of benzene rings is 1. The molecule has 31 heavy (non-hydrogen) atoms. The Morgan fingerprint density at radius 1 is 1.16 bits per heavy atom. The largest absolute Gasteiger partial charge is 0.338 e. The van der Waals surface area contributed by atoms with Gasteiger partial charge in [0.05, 0.1) is 24.3 Å². The Kier molecular flexibility index (Phi) is 6.06. The highest BCUT2D eigenvalue weighted by atomic mass is 19.1. The summed E-state index contributed by atoms with van der Waals surface area (Å²) in [4.78, 5) is 21.3. The first-order valence-corrected chi connectivity index (χ1v) is 10.0. The zero-order valence-corrected chi connectivity index (χ0v) is 16.8. The van der Waals surface area contributed by atoms with E-state index in [2.05, 4.69) is 43.0 Å². The van der Waals surface area contributed by atoms with Gasteiger partial charge in [-0.15, -0.1) is 0 Å². The van der Waals surface area contributed by atoms with E-state index in [9.17, 15) is 9.18 Å². The van der Waals surface area contributed by atoms with Gasteiger partial charge >= 0.3 is 0 Å². The third-order valence-electron chi connectivity index (χ3n) is 4.83. The van der Waals surface area contributed by atoms with Crippen LogP contribution < -0.4 is 21.4 Å². The predicted molar refractivity (Wildman–Crippen MR) is 118 cm³/mol. The number of rotatable bonds is 8. The molecule has 0 bridgehead atoms. The molecule has 160 valence electrons. The molecule has 0 unspecified atom stereocenters. The monoisotopic (exact) mass is 422 g/mol. The molecular weight excluding hydrogens is 399 g/mol. The molecule has 1 aromatic carbocycles. The Bertz CT molecular complexity index is 1080. The maximum absolute atomic E-state index is 14.3. The SMILES string of the molecule is C=CC(=O)Nc1cccc(Nc2nc(Nc3cnn(NC4CCCC4)c3)ncc2F)c1. The molecule has 1 aliphatic carbocycles. The minimum absolute atomic E-state index is 0.00108. The molecule has 2 heterocycles. The van der Waals surface area contributed by atoms with E-state index >= 15 is 0 Å². The Morgan fingerprint density at radius 3 is 2.77 bits per heavy atom. The summed E-state index contributed by atoms with van der Waals surface area (Å²) in [5.74, 6) is -0.717. The first-order chi connectivity index (χ1) is 15.1. The van der Waals surface area contributed by atoms with Gasteiger partial charge in [0.1, 0.15) is 0 Å². The Morgan fingerprint density at radius 2 is 1.97 bits per heavy atom. The maximum Gasteiger partial charge on any atom is 0.247 e. The highest BCUT2D eigenvalue weighted by Gasteiger charge is 2.15. The molecule has 1 aliphatic rings. The topological polar surface area (TPSA) is 109 Å². The minimum atomic E-state index is -0.607. The van der Waals surface area contributed by atoms with Gasteiger partial charge in [0, 0.05) is 17.4 Å². The van der Waals surface area contributed by atoms with Gasteiger partial charge in [-0.3, -0.25) is 4.79 Å². The van der Waals surface area contributed by atoms with Crippen LogP contribution in [-0.2, 0) is 4.79 Å². The van der Waals surface area contributed by atoms with Crippen LogP contribution in [0.4, 0.5) is 33.2 Å². The number of nitrogens with one attached hydrogen (secondary N) is 4. The highest BCUT2D eigenvalue weighted by Crippen LogP contribution is 2.23. The van der Waals surface area contributed by atoms with E-state index in [4.69, 9.17) is 0 Å². The predicted octanol–water partition coefficient (Wildman–Crippen LogP) is 3.91. The summed E-state index contributed by atoms with van der Waals surface area (Å²) in [6.45, 7) is 3.42. The third-order valence-corrected chi connectivity index (χ3v) is 4.83. The van der Waals surface area contributed by atoms with Crippen LogP contribution in [0.25, 0.3) is 0 Å². The lowest BCUT2D eigenvalue weighted by molar-refractivity contribution is -0.111. The van der Waals surface area contributed by atoms with Crippen LogP contribution in [0.3, 0.4) is 0 Å². The zero-order chi connectivity index (χ0) is 21.6. The van der Waals surface area contributed by atoms with E-state index < -0.39 is 5.82 Å². The van der Waals surface area contributed by atoms with E-state index in [1.54, 1.807) is 41.4 Å². The summed E-state index contributed by atoms with van der Waals surface area (Å²) in [6, 6.07) is 7.27. The number of aromatic nitrogens is 4. The van der Waals surface area contributed by atoms with Crippen molar-refractivity contribution >= 4 is 34.7 Å². The molecule has 0 saturated heterocycles. The molecule has 0 aliphatic heterocycles. The van der Waals surface area contributed by atoms with Crippen LogP contribution in [0, 0.1) is 5.82 Å². The summed E-state index contributed by atoms with van der Waals surface area (Å²) in [7, 11) is 0. The average Bonchev–Trinajstić information content (AvgIpc) is 3.43. The molecule has 0 radical (unpaired) electrons. The molecule has 1 saturated carbocycles. The second-order valence-electron chi connectivity index (χ2n) is 7.20. The first-order valence-electron chi connectivity index (χ1n) is 10.0. The van der Waals surface area contributed by atoms with E-state index in [1.165, 1.54) is 18.9 Å². The Balaban J connectivity index is 1.44. The summed E-state index contributed by atoms with van der Waals surface area (Å²) < 4.78 is 14.3. The van der Waals surface area contributed by atoms with Crippen molar-refractivity contribution in [3.05, 3.63) is 61.3 Å². The minimum Gasteiger partial charge on any atom is -0.338 e. The Labute approximate surface area is 178 Å². The molecule has 0 spiro atoms. The zero-order valence-electron chi connectivity index (χ0n) is 16.8. The first kappa shape index (κ1) is 20.3. The molecule has 9 nitrogen and oxygen atoms in total. The molecule has 0 atom stereocenters. The summed E-state index contributed by atoms with van der Waals surface area (Å²) >= 11 is 0. The van der Waals surface area contributed by atoms with Gasteiger partial charge < -0.3 is 21.4 Å². The number of carbonyl (C=O) groups excluding carboxylic acids is 1. The quantitative estimate of drug-likeness (QED) is 0.408. The van der Waals surface area contributed by atoms with Gasteiger partial charge in [0.2, 0.25) is 11.9 Å². The summed E-state index contributed by atoms with van der Waals surface area (Å²) in [5, 5.41) is 12.9. The summed E-state index contributed by atoms with van der Waals surface area (Å²) in [6.07, 6.45) is 10.4. The number of hydrogen-bond donors (Lipinski definition) is 4. The van der Waals surface area contributed by atoms with Crippen LogP contribution in [0.5, 0.6) is 0 Å². The van der Waals surface area contributed by atoms with Crippen molar-refractivity contribution in [2.45, 2.75) is 31.7 Å². The lowest BCUT2D eigenvalue weighted by Gasteiger charge is -2.12. The van der Waals surface area contributed by atoms with Crippen molar-refractivity contribution in [1.82, 2.24) is 19.9 Å². The van der Waals surface area contributed by atoms with Gasteiger partial charge in [-0.1, -0.05) is 25.5 Å². The smallest absolute Gasteiger partial charge is 0.247 e. The maximum atomic E-state index is 14.3. The fourth-order valence-corrected chi connectivity index (χ4v) is 3.35. The van der Waals surface area contributed by atoms with Gasteiger partial charge in [-0.2, -0.15) is 14.9 Å². The molecule has 1 fully saturated rings. The van der Waals surface area contributed by atoms with Crippen molar-refractivity contribution in [3.63, 3.8) is 0 Å². The number of hydrogen-bond acceptors (Lipinski definition) is 7. The number of carbonyl (C=O) groups is 1. The Hall–Kier alpha value is -3.95. The van der Waals surface area contributed by atoms with Gasteiger partial charge in [0.25, 0.3) is 0 Å². The van der Waals surface area contributed by atoms with Crippen molar-refractivity contribution in [3.8, 4) is 0 Å². The lowest BCUT2D eigenvalue weighted by atomic mass is 10.2. The summed E-state index contributed by atoms with van der Waals surface area (Å²) in [5.41, 5.74) is 5.12. The second kappa shape index (κ2) is 9.24. The average molecular weight is 422 g/mol. The van der Waals surface area contributed by atoms with Crippen LogP contribution in [0.2, 0.25) is 0 Å². The van der Waals surface area contributed by atoms with E-state index in [0.29, 0.717) is 23.1 Å². The number of nitrogens with zero attached hydrogens (tertiary/aromatic N) is 4. The molecule has 3 aromatic rings. The molecule has 4 N–H and O–H groups in total. The number of halogens is 1. The number of amides is 1. The standard InChI is InChI=1S/C21H23FN8O/c1-2-19(31)25-15-8-5-9-16(10-15)26-20-18(22)12-23-21(28-20)27-17-11-24-30(13-17)29-14-6-3-4-7-14/h2,5,8-14,29H,1,3-4,6-7H2,(H,25,31)(H2,23,26,27,28). The normalized spacial score (nSPS) is 13.6. The fraction of sp³-hybridized carbons (Fsp3) is 0.238. The fourth-order valence-electron chi connectivity index (χ4n) is 3.35. The highest BCUT2D eigenvalue weighted by molar-refractivity contribution is 5.99. The van der Waals surface area contributed by atoms with Crippen LogP contribution in [-0.4, -0.2) is 31.8 Å². The van der Waals surface area contributed by atoms with Crippen LogP contribution >= 0.6 is 0 Å². The molecule has 10 heteroatoms. The van der Waals surface area contributed by atoms with Crippen LogP contribution in [0.15, 0.2) is 55.5 Å². The second-order valence-corrected chi connectivity index (χ2v) is 7.20. The third kappa shape index (κ3) is 5.35. The van der Waals surface area contributed by atoms with Crippen molar-refractivity contribution < 1.29 is 9.18 Å². The van der Waals surface area contributed by atoms with Gasteiger partial charge in [0.15, 0.2) is 11.6 Å². The van der Waals surface area contributed by atoms with E-state index in [0.717, 1.165) is 19.0 Å². The van der Waals surface area contributed by atoms with Gasteiger partial charge in [-0.25, -0.2) is 9.37 Å². The van der Waals surface area contributed by atoms with E-state index in [1.807, 2.05) is 0 Å². The molecule has 4 rings (SSSR count). The van der Waals surface area contributed by atoms with Crippen molar-refractivity contribution in [2.75, 3.05) is 21.4 Å². The number of anilines is 5. The van der Waals surface area contributed by atoms with Gasteiger partial charge in [-0.05, 0) is 37.1 Å².